The lowest BCUT2D eigenvalue weighted by Crippen LogP contribution is -2.28. The predicted molar refractivity (Wildman–Crippen MR) is 95.4 cm³/mol. The molecule has 3 aromatic rings. The van der Waals surface area contributed by atoms with Crippen LogP contribution in [0, 0.1) is 6.92 Å². The zero-order valence-corrected chi connectivity index (χ0v) is 14.3. The van der Waals surface area contributed by atoms with Crippen LogP contribution >= 0.6 is 11.6 Å². The molecule has 1 amide bonds. The normalized spacial score (nSPS) is 12.0. The Balaban J connectivity index is 1.63. The zero-order valence-electron chi connectivity index (χ0n) is 13.6. The molecule has 2 N–H and O–H groups in total. The van der Waals surface area contributed by atoms with Gasteiger partial charge in [0, 0.05) is 23.2 Å². The SMILES string of the molecule is Cc1ccc([C@H](O)CNC(=O)c2cc(-c3cccc(Cl)c3)on2)cc1. The summed E-state index contributed by atoms with van der Waals surface area (Å²) in [5.41, 5.74) is 2.73. The van der Waals surface area contributed by atoms with Crippen LogP contribution in [0.2, 0.25) is 5.02 Å². The van der Waals surface area contributed by atoms with Crippen molar-refractivity contribution in [3.05, 3.63) is 76.4 Å². The van der Waals surface area contributed by atoms with Gasteiger partial charge in [-0.1, -0.05) is 58.7 Å². The summed E-state index contributed by atoms with van der Waals surface area (Å²) in [6.07, 6.45) is -0.788. The second kappa shape index (κ2) is 7.51. The molecule has 25 heavy (non-hydrogen) atoms. The predicted octanol–water partition coefficient (Wildman–Crippen LogP) is 3.77. The molecule has 128 valence electrons. The smallest absolute Gasteiger partial charge is 0.273 e. The molecule has 0 fully saturated rings. The Labute approximate surface area is 150 Å². The summed E-state index contributed by atoms with van der Waals surface area (Å²) in [7, 11) is 0. The van der Waals surface area contributed by atoms with E-state index in [4.69, 9.17) is 16.1 Å². The molecule has 0 aliphatic carbocycles. The van der Waals surface area contributed by atoms with Gasteiger partial charge in [0.2, 0.25) is 0 Å². The van der Waals surface area contributed by atoms with Gasteiger partial charge < -0.3 is 14.9 Å². The Morgan fingerprint density at radius 2 is 2.00 bits per heavy atom. The fourth-order valence-corrected chi connectivity index (χ4v) is 2.54. The third-order valence-electron chi connectivity index (χ3n) is 3.77. The van der Waals surface area contributed by atoms with E-state index in [9.17, 15) is 9.90 Å². The number of carbonyl (C=O) groups excluding carboxylic acids is 1. The number of amides is 1. The first-order valence-electron chi connectivity index (χ1n) is 7.78. The molecule has 0 unspecified atom stereocenters. The van der Waals surface area contributed by atoms with Crippen LogP contribution in [0.15, 0.2) is 59.1 Å². The van der Waals surface area contributed by atoms with Crippen molar-refractivity contribution < 1.29 is 14.4 Å². The molecule has 1 aromatic heterocycles. The third kappa shape index (κ3) is 4.26. The average Bonchev–Trinajstić information content (AvgIpc) is 3.10. The van der Waals surface area contributed by atoms with Gasteiger partial charge in [0.25, 0.3) is 5.91 Å². The van der Waals surface area contributed by atoms with Gasteiger partial charge in [0.1, 0.15) is 0 Å². The van der Waals surface area contributed by atoms with Gasteiger partial charge >= 0.3 is 0 Å². The largest absolute Gasteiger partial charge is 0.387 e. The Hall–Kier alpha value is -2.63. The lowest BCUT2D eigenvalue weighted by molar-refractivity contribution is 0.0907. The number of aromatic nitrogens is 1. The highest BCUT2D eigenvalue weighted by Crippen LogP contribution is 2.23. The maximum Gasteiger partial charge on any atom is 0.273 e. The van der Waals surface area contributed by atoms with Crippen LogP contribution in [0.1, 0.15) is 27.7 Å². The minimum Gasteiger partial charge on any atom is -0.387 e. The van der Waals surface area contributed by atoms with E-state index in [0.717, 1.165) is 16.7 Å². The van der Waals surface area contributed by atoms with E-state index < -0.39 is 12.0 Å². The van der Waals surface area contributed by atoms with E-state index in [-0.39, 0.29) is 12.2 Å². The van der Waals surface area contributed by atoms with Crippen molar-refractivity contribution in [3.63, 3.8) is 0 Å². The van der Waals surface area contributed by atoms with Gasteiger partial charge in [0.15, 0.2) is 11.5 Å². The quantitative estimate of drug-likeness (QED) is 0.729. The lowest BCUT2D eigenvalue weighted by atomic mass is 10.1. The number of rotatable bonds is 5. The van der Waals surface area contributed by atoms with Crippen molar-refractivity contribution in [2.45, 2.75) is 13.0 Å². The highest BCUT2D eigenvalue weighted by Gasteiger charge is 2.15. The number of halogens is 1. The van der Waals surface area contributed by atoms with Crippen molar-refractivity contribution in [1.82, 2.24) is 10.5 Å². The summed E-state index contributed by atoms with van der Waals surface area (Å²) in [6, 6.07) is 16.1. The van der Waals surface area contributed by atoms with E-state index >= 15 is 0 Å². The van der Waals surface area contributed by atoms with Gasteiger partial charge in [-0.25, -0.2) is 0 Å². The molecule has 3 rings (SSSR count). The third-order valence-corrected chi connectivity index (χ3v) is 4.01. The van der Waals surface area contributed by atoms with Crippen LogP contribution < -0.4 is 5.32 Å². The Morgan fingerprint density at radius 3 is 2.72 bits per heavy atom. The number of hydrogen-bond acceptors (Lipinski definition) is 4. The van der Waals surface area contributed by atoms with Crippen molar-refractivity contribution in [1.29, 1.82) is 0 Å². The molecular weight excluding hydrogens is 340 g/mol. The fourth-order valence-electron chi connectivity index (χ4n) is 2.35. The number of nitrogens with one attached hydrogen (secondary N) is 1. The Morgan fingerprint density at radius 1 is 1.24 bits per heavy atom. The number of aliphatic hydroxyl groups excluding tert-OH is 1. The molecule has 1 atom stereocenters. The molecule has 0 saturated carbocycles. The summed E-state index contributed by atoms with van der Waals surface area (Å²) in [6.45, 7) is 2.06. The van der Waals surface area contributed by atoms with Crippen LogP contribution in [0.4, 0.5) is 0 Å². The highest BCUT2D eigenvalue weighted by atomic mass is 35.5. The van der Waals surface area contributed by atoms with E-state index in [1.807, 2.05) is 37.3 Å². The monoisotopic (exact) mass is 356 g/mol. The van der Waals surface area contributed by atoms with E-state index in [1.54, 1.807) is 24.3 Å². The minimum atomic E-state index is -0.788. The lowest BCUT2D eigenvalue weighted by Gasteiger charge is -2.11. The van der Waals surface area contributed by atoms with E-state index in [1.165, 1.54) is 0 Å². The maximum atomic E-state index is 12.2. The first-order valence-corrected chi connectivity index (χ1v) is 8.16. The molecule has 2 aromatic carbocycles. The number of carbonyl (C=O) groups is 1. The topological polar surface area (TPSA) is 75.4 Å². The maximum absolute atomic E-state index is 12.2. The van der Waals surface area contributed by atoms with Crippen LogP contribution in [0.25, 0.3) is 11.3 Å². The standard InChI is InChI=1S/C19H17ClN2O3/c1-12-5-7-13(8-6-12)17(23)11-21-19(24)16-10-18(25-22-16)14-3-2-4-15(20)9-14/h2-10,17,23H,11H2,1H3,(H,21,24)/t17-/m1/s1. The van der Waals surface area contributed by atoms with Crippen molar-refractivity contribution in [3.8, 4) is 11.3 Å². The molecule has 0 saturated heterocycles. The zero-order chi connectivity index (χ0) is 17.8. The molecule has 0 spiro atoms. The van der Waals surface area contributed by atoms with Crippen molar-refractivity contribution in [2.75, 3.05) is 6.54 Å². The second-order valence-corrected chi connectivity index (χ2v) is 6.16. The number of aryl methyl sites for hydroxylation is 1. The average molecular weight is 357 g/mol. The van der Waals surface area contributed by atoms with Gasteiger partial charge in [0.05, 0.1) is 6.10 Å². The van der Waals surface area contributed by atoms with Crippen molar-refractivity contribution >= 4 is 17.5 Å². The number of nitrogens with zero attached hydrogens (tertiary/aromatic N) is 1. The first-order chi connectivity index (χ1) is 12.0. The second-order valence-electron chi connectivity index (χ2n) is 5.72. The fraction of sp³-hybridized carbons (Fsp3) is 0.158. The van der Waals surface area contributed by atoms with Gasteiger partial charge in [-0.2, -0.15) is 0 Å². The molecule has 0 radical (unpaired) electrons. The molecule has 6 heteroatoms. The summed E-state index contributed by atoms with van der Waals surface area (Å²) in [5.74, 6) is 0.0370. The van der Waals surface area contributed by atoms with Crippen LogP contribution in [-0.4, -0.2) is 22.7 Å². The molecule has 0 aliphatic rings. The summed E-state index contributed by atoms with van der Waals surface area (Å²) < 4.78 is 5.20. The number of aliphatic hydroxyl groups is 1. The molecule has 0 bridgehead atoms. The summed E-state index contributed by atoms with van der Waals surface area (Å²) in [5, 5.41) is 17.1. The minimum absolute atomic E-state index is 0.0846. The van der Waals surface area contributed by atoms with Crippen molar-refractivity contribution in [2.24, 2.45) is 0 Å². The van der Waals surface area contributed by atoms with Gasteiger partial charge in [-0.05, 0) is 24.6 Å². The van der Waals surface area contributed by atoms with E-state index in [0.29, 0.717) is 10.8 Å². The highest BCUT2D eigenvalue weighted by molar-refractivity contribution is 6.30. The summed E-state index contributed by atoms with van der Waals surface area (Å²) >= 11 is 5.95. The number of hydrogen-bond donors (Lipinski definition) is 2. The van der Waals surface area contributed by atoms with Crippen LogP contribution in [0.5, 0.6) is 0 Å². The Kier molecular flexibility index (Phi) is 5.16. The van der Waals surface area contributed by atoms with E-state index in [2.05, 4.69) is 10.5 Å². The molecular formula is C19H17ClN2O3. The molecule has 1 heterocycles. The van der Waals surface area contributed by atoms with Gasteiger partial charge in [-0.15, -0.1) is 0 Å². The van der Waals surface area contributed by atoms with Gasteiger partial charge in [-0.3, -0.25) is 4.79 Å². The number of benzene rings is 2. The van der Waals surface area contributed by atoms with Crippen LogP contribution in [-0.2, 0) is 0 Å². The molecule has 0 aliphatic heterocycles. The first kappa shape index (κ1) is 17.2. The Bertz CT molecular complexity index is 874. The summed E-state index contributed by atoms with van der Waals surface area (Å²) in [4.78, 5) is 12.2. The van der Waals surface area contributed by atoms with Crippen LogP contribution in [0.3, 0.4) is 0 Å². The molecule has 5 nitrogen and oxygen atoms in total.